The zero-order chi connectivity index (χ0) is 23.0. The van der Waals surface area contributed by atoms with Crippen LogP contribution in [0, 0.1) is 17.5 Å². The summed E-state index contributed by atoms with van der Waals surface area (Å²) in [6, 6.07) is 8.88. The Bertz CT molecular complexity index is 1350. The smallest absolute Gasteiger partial charge is 0.266 e. The highest BCUT2D eigenvalue weighted by Gasteiger charge is 2.32. The molecule has 4 rings (SSSR count). The SMILES string of the molecule is CC(c1cccc(F)c1Cl)c1c(F)ccc2c1NC(=NCc1ncccc1F)NS2(=O)=O. The molecule has 1 aromatic heterocycles. The average molecular weight is 481 g/mol. The van der Waals surface area contributed by atoms with Crippen molar-refractivity contribution in [3.63, 3.8) is 0 Å². The number of sulfonamides is 1. The Balaban J connectivity index is 1.80. The third-order valence-corrected chi connectivity index (χ3v) is 6.80. The number of hydrogen-bond acceptors (Lipinski definition) is 4. The minimum atomic E-state index is -4.11. The summed E-state index contributed by atoms with van der Waals surface area (Å²) in [6.07, 6.45) is 1.38. The third-order valence-electron chi connectivity index (χ3n) is 5.02. The molecule has 0 amide bonds. The maximum Gasteiger partial charge on any atom is 0.266 e. The zero-order valence-corrected chi connectivity index (χ0v) is 18.1. The lowest BCUT2D eigenvalue weighted by atomic mass is 9.91. The highest BCUT2D eigenvalue weighted by molar-refractivity contribution is 7.90. The fraction of sp³-hybridized carbons (Fsp3) is 0.143. The third kappa shape index (κ3) is 4.03. The Morgan fingerprint density at radius 2 is 1.81 bits per heavy atom. The molecule has 1 aliphatic rings. The highest BCUT2D eigenvalue weighted by atomic mass is 35.5. The van der Waals surface area contributed by atoms with Crippen molar-refractivity contribution in [1.29, 1.82) is 0 Å². The molecule has 2 N–H and O–H groups in total. The summed E-state index contributed by atoms with van der Waals surface area (Å²) < 4.78 is 70.5. The van der Waals surface area contributed by atoms with Gasteiger partial charge in [-0.2, -0.15) is 0 Å². The molecule has 0 saturated heterocycles. The number of aliphatic imine (C=N–C) groups is 1. The summed E-state index contributed by atoms with van der Waals surface area (Å²) in [5, 5.41) is 2.58. The van der Waals surface area contributed by atoms with Gasteiger partial charge in [0.1, 0.15) is 22.3 Å². The molecule has 0 saturated carbocycles. The zero-order valence-electron chi connectivity index (χ0n) is 16.5. The Kier molecular flexibility index (Phi) is 5.83. The maximum absolute atomic E-state index is 14.9. The second kappa shape index (κ2) is 8.44. The van der Waals surface area contributed by atoms with Crippen molar-refractivity contribution in [3.05, 3.63) is 88.0 Å². The van der Waals surface area contributed by atoms with Gasteiger partial charge in [0, 0.05) is 17.7 Å². The molecule has 166 valence electrons. The van der Waals surface area contributed by atoms with Gasteiger partial charge in [0.15, 0.2) is 0 Å². The van der Waals surface area contributed by atoms with E-state index in [1.165, 1.54) is 36.5 Å². The van der Waals surface area contributed by atoms with E-state index in [1.807, 2.05) is 0 Å². The fourth-order valence-electron chi connectivity index (χ4n) is 3.45. The molecule has 1 atom stereocenters. The van der Waals surface area contributed by atoms with Crippen LogP contribution in [-0.2, 0) is 16.6 Å². The minimum Gasteiger partial charge on any atom is -0.324 e. The van der Waals surface area contributed by atoms with Crippen LogP contribution in [0.1, 0.15) is 29.7 Å². The van der Waals surface area contributed by atoms with E-state index in [0.29, 0.717) is 0 Å². The van der Waals surface area contributed by atoms with Crippen molar-refractivity contribution in [2.75, 3.05) is 5.32 Å². The van der Waals surface area contributed by atoms with E-state index in [1.54, 1.807) is 6.92 Å². The first kappa shape index (κ1) is 22.1. The molecule has 6 nitrogen and oxygen atoms in total. The van der Waals surface area contributed by atoms with E-state index in [0.717, 1.165) is 12.1 Å². The van der Waals surface area contributed by atoms with Crippen molar-refractivity contribution >= 4 is 33.3 Å². The van der Waals surface area contributed by atoms with Gasteiger partial charge < -0.3 is 5.32 Å². The number of guanidine groups is 1. The van der Waals surface area contributed by atoms with E-state index < -0.39 is 33.4 Å². The number of hydrogen-bond donors (Lipinski definition) is 2. The summed E-state index contributed by atoms with van der Waals surface area (Å²) in [4.78, 5) is 7.70. The fourth-order valence-corrected chi connectivity index (χ4v) is 4.89. The monoisotopic (exact) mass is 480 g/mol. The number of fused-ring (bicyclic) bond motifs is 1. The van der Waals surface area contributed by atoms with Crippen LogP contribution in [-0.4, -0.2) is 19.4 Å². The lowest BCUT2D eigenvalue weighted by molar-refractivity contribution is 0.585. The summed E-state index contributed by atoms with van der Waals surface area (Å²) in [5.41, 5.74) is 0.200. The number of pyridine rings is 1. The summed E-state index contributed by atoms with van der Waals surface area (Å²) in [7, 11) is -4.11. The largest absolute Gasteiger partial charge is 0.324 e. The molecule has 1 unspecified atom stereocenters. The molecule has 2 heterocycles. The number of nitrogens with zero attached hydrogens (tertiary/aromatic N) is 2. The van der Waals surface area contributed by atoms with Crippen molar-refractivity contribution in [2.24, 2.45) is 4.99 Å². The first-order valence-corrected chi connectivity index (χ1v) is 11.2. The molecule has 1 aliphatic heterocycles. The van der Waals surface area contributed by atoms with Gasteiger partial charge in [0.25, 0.3) is 10.0 Å². The molecule has 0 spiro atoms. The average Bonchev–Trinajstić information content (AvgIpc) is 2.74. The van der Waals surface area contributed by atoms with Crippen LogP contribution in [0.4, 0.5) is 18.9 Å². The van der Waals surface area contributed by atoms with E-state index in [9.17, 15) is 21.6 Å². The number of anilines is 1. The van der Waals surface area contributed by atoms with E-state index >= 15 is 0 Å². The van der Waals surface area contributed by atoms with Crippen LogP contribution in [0.15, 0.2) is 58.5 Å². The predicted molar refractivity (Wildman–Crippen MR) is 115 cm³/mol. The maximum atomic E-state index is 14.9. The van der Waals surface area contributed by atoms with Crippen LogP contribution in [0.5, 0.6) is 0 Å². The number of rotatable bonds is 4. The van der Waals surface area contributed by atoms with E-state index in [2.05, 4.69) is 20.0 Å². The van der Waals surface area contributed by atoms with Crippen LogP contribution in [0.2, 0.25) is 5.02 Å². The molecule has 0 radical (unpaired) electrons. The van der Waals surface area contributed by atoms with Gasteiger partial charge in [0.05, 0.1) is 22.9 Å². The van der Waals surface area contributed by atoms with Gasteiger partial charge in [-0.1, -0.05) is 30.7 Å². The van der Waals surface area contributed by atoms with Gasteiger partial charge in [0.2, 0.25) is 5.96 Å². The molecular weight excluding hydrogens is 465 g/mol. The second-order valence-corrected chi connectivity index (χ2v) is 9.05. The van der Waals surface area contributed by atoms with Gasteiger partial charge >= 0.3 is 0 Å². The number of aromatic nitrogens is 1. The predicted octanol–water partition coefficient (Wildman–Crippen LogP) is 4.56. The first-order valence-electron chi connectivity index (χ1n) is 9.39. The molecule has 0 fully saturated rings. The summed E-state index contributed by atoms with van der Waals surface area (Å²) in [5.74, 6) is -3.02. The molecule has 0 bridgehead atoms. The topological polar surface area (TPSA) is 83.4 Å². The standard InChI is InChI=1S/C21H16ClF3N4O2S/c1-11(12-4-2-5-15(25)19(12)22)18-14(24)7-8-17-20(18)28-21(29-32(17,30)31)27-10-16-13(23)6-3-9-26-16/h2-9,11H,10H2,1H3,(H2,27,28,29). The Labute approximate surface area is 187 Å². The van der Waals surface area contributed by atoms with Crippen LogP contribution >= 0.6 is 11.6 Å². The van der Waals surface area contributed by atoms with Crippen LogP contribution in [0.3, 0.4) is 0 Å². The van der Waals surface area contributed by atoms with Crippen molar-refractivity contribution < 1.29 is 21.6 Å². The van der Waals surface area contributed by atoms with Crippen molar-refractivity contribution in [1.82, 2.24) is 9.71 Å². The van der Waals surface area contributed by atoms with E-state index in [-0.39, 0.29) is 44.9 Å². The minimum absolute atomic E-state index is 0.00571. The van der Waals surface area contributed by atoms with Crippen LogP contribution in [0.25, 0.3) is 0 Å². The highest BCUT2D eigenvalue weighted by Crippen LogP contribution is 2.40. The Morgan fingerprint density at radius 3 is 2.56 bits per heavy atom. The molecule has 3 aromatic rings. The van der Waals surface area contributed by atoms with Crippen molar-refractivity contribution in [3.8, 4) is 0 Å². The molecular formula is C21H16ClF3N4O2S. The second-order valence-electron chi connectivity index (χ2n) is 7.03. The van der Waals surface area contributed by atoms with E-state index in [4.69, 9.17) is 11.6 Å². The number of benzene rings is 2. The van der Waals surface area contributed by atoms with Gasteiger partial charge in [-0.15, -0.1) is 0 Å². The Morgan fingerprint density at radius 1 is 1.06 bits per heavy atom. The molecule has 2 aromatic carbocycles. The van der Waals surface area contributed by atoms with Gasteiger partial charge in [-0.3, -0.25) is 4.98 Å². The quantitative estimate of drug-likeness (QED) is 0.573. The lowest BCUT2D eigenvalue weighted by Gasteiger charge is -2.27. The summed E-state index contributed by atoms with van der Waals surface area (Å²) >= 11 is 6.08. The summed E-state index contributed by atoms with van der Waals surface area (Å²) in [6.45, 7) is 1.32. The molecule has 0 aliphatic carbocycles. The van der Waals surface area contributed by atoms with Gasteiger partial charge in [-0.25, -0.2) is 31.3 Å². The number of nitrogens with one attached hydrogen (secondary N) is 2. The Hall–Kier alpha value is -3.11. The normalized spacial score (nSPS) is 16.7. The molecule has 32 heavy (non-hydrogen) atoms. The first-order chi connectivity index (χ1) is 15.2. The van der Waals surface area contributed by atoms with Crippen LogP contribution < -0.4 is 10.0 Å². The number of halogens is 4. The molecule has 11 heteroatoms. The lowest BCUT2D eigenvalue weighted by Crippen LogP contribution is -2.41. The van der Waals surface area contributed by atoms with Gasteiger partial charge in [-0.05, 0) is 35.9 Å². The van der Waals surface area contributed by atoms with Crippen molar-refractivity contribution in [2.45, 2.75) is 24.3 Å².